The third-order valence-corrected chi connectivity index (χ3v) is 4.85. The largest absolute Gasteiger partial charge is 0.364 e. The summed E-state index contributed by atoms with van der Waals surface area (Å²) < 4.78 is 5.37. The molecule has 2 amide bonds. The Hall–Kier alpha value is -3.10. The minimum Gasteiger partial charge on any atom is -0.364 e. The van der Waals surface area contributed by atoms with Crippen LogP contribution in [0.3, 0.4) is 0 Å². The van der Waals surface area contributed by atoms with Gasteiger partial charge in [-0.15, -0.1) is 10.2 Å². The molecule has 0 unspecified atom stereocenters. The van der Waals surface area contributed by atoms with Gasteiger partial charge >= 0.3 is 0 Å². The Morgan fingerprint density at radius 1 is 0.966 bits per heavy atom. The Morgan fingerprint density at radius 2 is 1.69 bits per heavy atom. The van der Waals surface area contributed by atoms with E-state index in [4.69, 9.17) is 4.74 Å². The Bertz CT molecular complexity index is 916. The maximum atomic E-state index is 12.2. The lowest BCUT2D eigenvalue weighted by Crippen LogP contribution is -2.28. The highest BCUT2D eigenvalue weighted by Gasteiger charge is 2.13. The fraction of sp³-hybridized carbons (Fsp3) is 0.238. The van der Waals surface area contributed by atoms with E-state index >= 15 is 0 Å². The molecule has 0 fully saturated rings. The van der Waals surface area contributed by atoms with Crippen LogP contribution in [0.15, 0.2) is 60.7 Å². The summed E-state index contributed by atoms with van der Waals surface area (Å²) in [4.78, 5) is 24.0. The van der Waals surface area contributed by atoms with Crippen LogP contribution in [0, 0.1) is 0 Å². The maximum Gasteiger partial charge on any atom is 0.286 e. The van der Waals surface area contributed by atoms with E-state index in [1.807, 2.05) is 36.4 Å². The van der Waals surface area contributed by atoms with Crippen molar-refractivity contribution in [3.05, 3.63) is 76.2 Å². The zero-order valence-electron chi connectivity index (χ0n) is 15.8. The van der Waals surface area contributed by atoms with E-state index in [9.17, 15) is 9.59 Å². The number of anilines is 1. The molecule has 0 saturated carbocycles. The topological polar surface area (TPSA) is 93.2 Å². The summed E-state index contributed by atoms with van der Waals surface area (Å²) in [7, 11) is 0. The number of carbonyl (C=O) groups excluding carboxylic acids is 2. The average Bonchev–Trinajstić information content (AvgIpc) is 3.22. The summed E-state index contributed by atoms with van der Waals surface area (Å²) in [5.41, 5.74) is 1.94. The molecule has 0 atom stereocenters. The Balaban J connectivity index is 1.32. The quantitative estimate of drug-likeness (QED) is 0.501. The van der Waals surface area contributed by atoms with E-state index in [1.54, 1.807) is 12.1 Å². The second kappa shape index (κ2) is 11.0. The number of carbonyl (C=O) groups is 2. The number of hydrogen-bond acceptors (Lipinski definition) is 6. The van der Waals surface area contributed by atoms with Gasteiger partial charge in [-0.05, 0) is 30.5 Å². The van der Waals surface area contributed by atoms with Crippen molar-refractivity contribution in [2.75, 3.05) is 18.5 Å². The number of aryl methyl sites for hydroxylation is 1. The van der Waals surface area contributed by atoms with Crippen LogP contribution in [0.2, 0.25) is 0 Å². The molecule has 150 valence electrons. The van der Waals surface area contributed by atoms with Gasteiger partial charge in [0.05, 0.1) is 0 Å². The number of rotatable bonds is 10. The number of nitrogens with one attached hydrogen (secondary N) is 2. The highest BCUT2D eigenvalue weighted by Crippen LogP contribution is 2.13. The van der Waals surface area contributed by atoms with E-state index < -0.39 is 0 Å². The van der Waals surface area contributed by atoms with Gasteiger partial charge in [-0.25, -0.2) is 0 Å². The van der Waals surface area contributed by atoms with Crippen molar-refractivity contribution in [1.29, 1.82) is 0 Å². The lowest BCUT2D eigenvalue weighted by Gasteiger charge is -2.05. The SMILES string of the molecule is O=C(COCc1nnc(C(=O)Nc2ccccc2)s1)NCCCc1ccccc1. The molecular weight excluding hydrogens is 388 g/mol. The molecule has 0 aliphatic heterocycles. The van der Waals surface area contributed by atoms with Crippen molar-refractivity contribution in [2.45, 2.75) is 19.4 Å². The Labute approximate surface area is 173 Å². The van der Waals surface area contributed by atoms with E-state index in [0.717, 1.165) is 24.2 Å². The normalized spacial score (nSPS) is 10.5. The van der Waals surface area contributed by atoms with E-state index in [1.165, 1.54) is 5.56 Å². The smallest absolute Gasteiger partial charge is 0.286 e. The molecular formula is C21H22N4O3S. The maximum absolute atomic E-state index is 12.2. The first kappa shape index (κ1) is 20.6. The molecule has 2 N–H and O–H groups in total. The van der Waals surface area contributed by atoms with Gasteiger partial charge in [-0.2, -0.15) is 0 Å². The lowest BCUT2D eigenvalue weighted by molar-refractivity contribution is -0.126. The summed E-state index contributed by atoms with van der Waals surface area (Å²) >= 11 is 1.14. The first-order valence-corrected chi connectivity index (χ1v) is 10.1. The van der Waals surface area contributed by atoms with Gasteiger partial charge < -0.3 is 15.4 Å². The van der Waals surface area contributed by atoms with Gasteiger partial charge in [0.2, 0.25) is 10.9 Å². The van der Waals surface area contributed by atoms with Crippen LogP contribution in [-0.2, 0) is 22.6 Å². The van der Waals surface area contributed by atoms with E-state index in [0.29, 0.717) is 17.2 Å². The Kier molecular flexibility index (Phi) is 7.85. The van der Waals surface area contributed by atoms with Gasteiger partial charge in [0.1, 0.15) is 18.2 Å². The highest BCUT2D eigenvalue weighted by molar-refractivity contribution is 7.13. The van der Waals surface area contributed by atoms with Crippen molar-refractivity contribution in [2.24, 2.45) is 0 Å². The van der Waals surface area contributed by atoms with Gasteiger partial charge in [-0.3, -0.25) is 9.59 Å². The lowest BCUT2D eigenvalue weighted by atomic mass is 10.1. The molecule has 3 rings (SSSR count). The van der Waals surface area contributed by atoms with E-state index in [2.05, 4.69) is 33.0 Å². The monoisotopic (exact) mass is 410 g/mol. The van der Waals surface area contributed by atoms with Crippen LogP contribution in [0.4, 0.5) is 5.69 Å². The molecule has 0 spiro atoms. The molecule has 29 heavy (non-hydrogen) atoms. The molecule has 3 aromatic rings. The molecule has 8 heteroatoms. The van der Waals surface area contributed by atoms with Crippen LogP contribution in [-0.4, -0.2) is 35.2 Å². The van der Waals surface area contributed by atoms with E-state index in [-0.39, 0.29) is 30.0 Å². The summed E-state index contributed by atoms with van der Waals surface area (Å²) in [5, 5.41) is 14.2. The van der Waals surface area contributed by atoms with Crippen LogP contribution < -0.4 is 10.6 Å². The van der Waals surface area contributed by atoms with Crippen LogP contribution in [0.1, 0.15) is 26.8 Å². The Morgan fingerprint density at radius 3 is 2.45 bits per heavy atom. The van der Waals surface area contributed by atoms with Crippen LogP contribution >= 0.6 is 11.3 Å². The minimum absolute atomic E-state index is 0.0591. The number of amides is 2. The predicted octanol–water partition coefficient (Wildman–Crippen LogP) is 3.06. The average molecular weight is 410 g/mol. The fourth-order valence-electron chi connectivity index (χ4n) is 2.56. The first-order chi connectivity index (χ1) is 14.2. The summed E-state index contributed by atoms with van der Waals surface area (Å²) in [5.74, 6) is -0.499. The highest BCUT2D eigenvalue weighted by atomic mass is 32.1. The number of nitrogens with zero attached hydrogens (tertiary/aromatic N) is 2. The number of ether oxygens (including phenoxy) is 1. The molecule has 1 heterocycles. The second-order valence-electron chi connectivity index (χ2n) is 6.25. The molecule has 7 nitrogen and oxygen atoms in total. The third kappa shape index (κ3) is 7.10. The predicted molar refractivity (Wildman–Crippen MR) is 112 cm³/mol. The van der Waals surface area contributed by atoms with Gasteiger partial charge in [0.25, 0.3) is 5.91 Å². The number of benzene rings is 2. The van der Waals surface area contributed by atoms with Gasteiger partial charge in [-0.1, -0.05) is 59.9 Å². The van der Waals surface area contributed by atoms with Gasteiger partial charge in [0, 0.05) is 12.2 Å². The second-order valence-corrected chi connectivity index (χ2v) is 7.32. The third-order valence-electron chi connectivity index (χ3n) is 3.96. The number of para-hydroxylation sites is 1. The number of hydrogen-bond donors (Lipinski definition) is 2. The zero-order valence-corrected chi connectivity index (χ0v) is 16.7. The summed E-state index contributed by atoms with van der Waals surface area (Å²) in [6.45, 7) is 0.671. The molecule has 0 radical (unpaired) electrons. The first-order valence-electron chi connectivity index (χ1n) is 9.28. The minimum atomic E-state index is -0.323. The van der Waals surface area contributed by atoms with Crippen molar-refractivity contribution in [1.82, 2.24) is 15.5 Å². The van der Waals surface area contributed by atoms with Crippen molar-refractivity contribution >= 4 is 28.8 Å². The fourth-order valence-corrected chi connectivity index (χ4v) is 3.23. The van der Waals surface area contributed by atoms with Crippen LogP contribution in [0.25, 0.3) is 0 Å². The molecule has 0 bridgehead atoms. The van der Waals surface area contributed by atoms with Crippen molar-refractivity contribution in [3.8, 4) is 0 Å². The molecule has 2 aromatic carbocycles. The van der Waals surface area contributed by atoms with Gasteiger partial charge in [0.15, 0.2) is 0 Å². The number of aromatic nitrogens is 2. The molecule has 0 saturated heterocycles. The van der Waals surface area contributed by atoms with Crippen LogP contribution in [0.5, 0.6) is 0 Å². The van der Waals surface area contributed by atoms with Crippen molar-refractivity contribution in [3.63, 3.8) is 0 Å². The molecule has 1 aromatic heterocycles. The summed E-state index contributed by atoms with van der Waals surface area (Å²) in [6.07, 6.45) is 1.78. The zero-order chi connectivity index (χ0) is 20.3. The molecule has 0 aliphatic rings. The standard InChI is InChI=1S/C21H22N4O3S/c26-18(22-13-7-10-16-8-3-1-4-9-16)14-28-15-19-24-25-21(29-19)20(27)23-17-11-5-2-6-12-17/h1-6,8-9,11-12H,7,10,13-15H2,(H,22,26)(H,23,27). The molecule has 0 aliphatic carbocycles. The van der Waals surface area contributed by atoms with Crippen molar-refractivity contribution < 1.29 is 14.3 Å². The summed E-state index contributed by atoms with van der Waals surface area (Å²) in [6, 6.07) is 19.3.